The van der Waals surface area contributed by atoms with E-state index in [1.807, 2.05) is 0 Å². The SMILES string of the molecule is C(=Cc1cc2ccccc2c2ccccc12)c1ccc2ccccc2c1. The zero-order chi connectivity index (χ0) is 17.3. The molecule has 0 heterocycles. The lowest BCUT2D eigenvalue weighted by Crippen LogP contribution is -1.82. The number of hydrogen-bond acceptors (Lipinski definition) is 0. The van der Waals surface area contributed by atoms with E-state index in [4.69, 9.17) is 0 Å². The fourth-order valence-corrected chi connectivity index (χ4v) is 3.72. The molecule has 0 unspecified atom stereocenters. The molecule has 0 aliphatic heterocycles. The average molecular weight is 330 g/mol. The van der Waals surface area contributed by atoms with Gasteiger partial charge in [0.2, 0.25) is 0 Å². The van der Waals surface area contributed by atoms with E-state index in [9.17, 15) is 0 Å². The second kappa shape index (κ2) is 6.16. The first-order chi connectivity index (χ1) is 12.9. The molecule has 26 heavy (non-hydrogen) atoms. The summed E-state index contributed by atoms with van der Waals surface area (Å²) in [6.45, 7) is 0. The molecule has 0 bridgehead atoms. The minimum atomic E-state index is 1.22. The first kappa shape index (κ1) is 14.9. The van der Waals surface area contributed by atoms with E-state index < -0.39 is 0 Å². The molecule has 0 fully saturated rings. The van der Waals surface area contributed by atoms with Gasteiger partial charge in [0.1, 0.15) is 0 Å². The number of fused-ring (bicyclic) bond motifs is 4. The van der Waals surface area contributed by atoms with Crippen LogP contribution >= 0.6 is 0 Å². The van der Waals surface area contributed by atoms with Crippen LogP contribution in [0.25, 0.3) is 44.5 Å². The lowest BCUT2D eigenvalue weighted by molar-refractivity contribution is 1.70. The maximum Gasteiger partial charge on any atom is -0.00994 e. The van der Waals surface area contributed by atoms with E-state index in [1.165, 1.54) is 43.4 Å². The van der Waals surface area contributed by atoms with Crippen molar-refractivity contribution in [1.29, 1.82) is 0 Å². The third-order valence-electron chi connectivity index (χ3n) is 5.03. The van der Waals surface area contributed by atoms with Crippen molar-refractivity contribution in [2.24, 2.45) is 0 Å². The van der Waals surface area contributed by atoms with E-state index in [1.54, 1.807) is 0 Å². The number of hydrogen-bond donors (Lipinski definition) is 0. The van der Waals surface area contributed by atoms with Gasteiger partial charge in [-0.3, -0.25) is 0 Å². The molecule has 0 N–H and O–H groups in total. The van der Waals surface area contributed by atoms with Crippen molar-refractivity contribution in [3.63, 3.8) is 0 Å². The lowest BCUT2D eigenvalue weighted by Gasteiger charge is -2.08. The van der Waals surface area contributed by atoms with Crippen LogP contribution in [0.5, 0.6) is 0 Å². The first-order valence-electron chi connectivity index (χ1n) is 8.96. The van der Waals surface area contributed by atoms with Crippen LogP contribution in [0.15, 0.2) is 97.1 Å². The van der Waals surface area contributed by atoms with Crippen LogP contribution in [0.3, 0.4) is 0 Å². The maximum absolute atomic E-state index is 2.29. The predicted octanol–water partition coefficient (Wildman–Crippen LogP) is 7.32. The van der Waals surface area contributed by atoms with Gasteiger partial charge >= 0.3 is 0 Å². The minimum absolute atomic E-state index is 1.22. The van der Waals surface area contributed by atoms with Gasteiger partial charge in [0.15, 0.2) is 0 Å². The highest BCUT2D eigenvalue weighted by molar-refractivity contribution is 6.11. The molecule has 0 radical (unpaired) electrons. The van der Waals surface area contributed by atoms with E-state index in [0.29, 0.717) is 0 Å². The van der Waals surface area contributed by atoms with Gasteiger partial charge in [-0.25, -0.2) is 0 Å². The molecule has 0 saturated heterocycles. The molecule has 0 aliphatic rings. The van der Waals surface area contributed by atoms with Gasteiger partial charge in [-0.05, 0) is 55.6 Å². The Morgan fingerprint density at radius 3 is 1.92 bits per heavy atom. The zero-order valence-corrected chi connectivity index (χ0v) is 14.4. The summed E-state index contributed by atoms with van der Waals surface area (Å²) in [7, 11) is 0. The van der Waals surface area contributed by atoms with Crippen molar-refractivity contribution >= 4 is 44.5 Å². The Labute approximate surface area is 153 Å². The van der Waals surface area contributed by atoms with Crippen LogP contribution in [0.4, 0.5) is 0 Å². The van der Waals surface area contributed by atoms with Crippen LogP contribution in [-0.4, -0.2) is 0 Å². The van der Waals surface area contributed by atoms with Gasteiger partial charge in [0, 0.05) is 0 Å². The first-order valence-corrected chi connectivity index (χ1v) is 8.96. The monoisotopic (exact) mass is 330 g/mol. The lowest BCUT2D eigenvalue weighted by atomic mass is 9.96. The third-order valence-corrected chi connectivity index (χ3v) is 5.03. The summed E-state index contributed by atoms with van der Waals surface area (Å²) in [5, 5.41) is 7.75. The van der Waals surface area contributed by atoms with Crippen molar-refractivity contribution in [1.82, 2.24) is 0 Å². The highest BCUT2D eigenvalue weighted by atomic mass is 14.1. The van der Waals surface area contributed by atoms with Crippen LogP contribution in [0, 0.1) is 0 Å². The normalized spacial score (nSPS) is 11.7. The predicted molar refractivity (Wildman–Crippen MR) is 114 cm³/mol. The second-order valence-corrected chi connectivity index (χ2v) is 6.67. The largest absolute Gasteiger partial charge is 0.0616 e. The molecule has 0 aliphatic carbocycles. The van der Waals surface area contributed by atoms with Gasteiger partial charge < -0.3 is 0 Å². The molecule has 0 saturated carbocycles. The van der Waals surface area contributed by atoms with Crippen molar-refractivity contribution in [3.8, 4) is 0 Å². The summed E-state index contributed by atoms with van der Waals surface area (Å²) in [6.07, 6.45) is 4.45. The number of benzene rings is 5. The van der Waals surface area contributed by atoms with Gasteiger partial charge in [-0.15, -0.1) is 0 Å². The van der Waals surface area contributed by atoms with Crippen molar-refractivity contribution in [2.45, 2.75) is 0 Å². The van der Waals surface area contributed by atoms with E-state index >= 15 is 0 Å². The Balaban J connectivity index is 1.66. The Bertz CT molecular complexity index is 1280. The number of rotatable bonds is 2. The smallest absolute Gasteiger partial charge is 0.00994 e. The molecule has 0 heteroatoms. The van der Waals surface area contributed by atoms with Crippen LogP contribution < -0.4 is 0 Å². The molecule has 5 aromatic rings. The third kappa shape index (κ3) is 2.57. The molecule has 0 aromatic heterocycles. The van der Waals surface area contributed by atoms with Crippen LogP contribution in [0.1, 0.15) is 11.1 Å². The fourth-order valence-electron chi connectivity index (χ4n) is 3.72. The zero-order valence-electron chi connectivity index (χ0n) is 14.4. The van der Waals surface area contributed by atoms with Gasteiger partial charge in [0.25, 0.3) is 0 Å². The van der Waals surface area contributed by atoms with Crippen molar-refractivity contribution in [2.75, 3.05) is 0 Å². The minimum Gasteiger partial charge on any atom is -0.0616 e. The summed E-state index contributed by atoms with van der Waals surface area (Å²) in [5.74, 6) is 0. The molecule has 0 nitrogen and oxygen atoms in total. The van der Waals surface area contributed by atoms with Gasteiger partial charge in [0.05, 0.1) is 0 Å². The summed E-state index contributed by atoms with van der Waals surface area (Å²) >= 11 is 0. The van der Waals surface area contributed by atoms with Gasteiger partial charge in [-0.2, -0.15) is 0 Å². The summed E-state index contributed by atoms with van der Waals surface area (Å²) in [5.41, 5.74) is 2.48. The topological polar surface area (TPSA) is 0 Å². The fraction of sp³-hybridized carbons (Fsp3) is 0. The summed E-state index contributed by atoms with van der Waals surface area (Å²) < 4.78 is 0. The molecular formula is C26H18. The quantitative estimate of drug-likeness (QED) is 0.235. The van der Waals surface area contributed by atoms with E-state index in [0.717, 1.165) is 0 Å². The Kier molecular flexibility index (Phi) is 3.54. The molecule has 122 valence electrons. The standard InChI is InChI=1S/C26H18/c1-2-8-21-17-19(13-15-20(21)7-1)14-16-23-18-22-9-3-4-10-24(22)26-12-6-5-11-25(23)26/h1-18H. The summed E-state index contributed by atoms with van der Waals surface area (Å²) in [6, 6.07) is 34.7. The average Bonchev–Trinajstić information content (AvgIpc) is 2.72. The van der Waals surface area contributed by atoms with Crippen LogP contribution in [0.2, 0.25) is 0 Å². The van der Waals surface area contributed by atoms with Crippen LogP contribution in [-0.2, 0) is 0 Å². The Morgan fingerprint density at radius 2 is 1.08 bits per heavy atom. The summed E-state index contributed by atoms with van der Waals surface area (Å²) in [4.78, 5) is 0. The highest BCUT2D eigenvalue weighted by Crippen LogP contribution is 2.30. The molecule has 0 amide bonds. The van der Waals surface area contributed by atoms with E-state index in [2.05, 4.69) is 109 Å². The Hall–Kier alpha value is -3.38. The molecule has 5 aromatic carbocycles. The molecule has 5 rings (SSSR count). The Morgan fingerprint density at radius 1 is 0.423 bits per heavy atom. The van der Waals surface area contributed by atoms with Crippen molar-refractivity contribution < 1.29 is 0 Å². The van der Waals surface area contributed by atoms with Gasteiger partial charge in [-0.1, -0.05) is 97.1 Å². The molecule has 0 atom stereocenters. The van der Waals surface area contributed by atoms with Crippen molar-refractivity contribution in [3.05, 3.63) is 108 Å². The maximum atomic E-state index is 2.29. The second-order valence-electron chi connectivity index (χ2n) is 6.67. The molecule has 0 spiro atoms. The molecular weight excluding hydrogens is 312 g/mol. The highest BCUT2D eigenvalue weighted by Gasteiger charge is 2.04. The van der Waals surface area contributed by atoms with E-state index in [-0.39, 0.29) is 0 Å².